The molecule has 3 N–H and O–H groups in total. The smallest absolute Gasteiger partial charge is 0.197 e. The Morgan fingerprint density at radius 1 is 1.56 bits per heavy atom. The molecule has 2 rings (SSSR count). The number of anilines is 2. The zero-order valence-corrected chi connectivity index (χ0v) is 9.49. The highest BCUT2D eigenvalue weighted by molar-refractivity contribution is 7.11. The average Bonchev–Trinajstić information content (AvgIpc) is 2.68. The van der Waals surface area contributed by atoms with Gasteiger partial charge < -0.3 is 15.8 Å². The van der Waals surface area contributed by atoms with Crippen LogP contribution in [0.25, 0.3) is 0 Å². The highest BCUT2D eigenvalue weighted by Crippen LogP contribution is 2.34. The third kappa shape index (κ3) is 2.19. The Hall–Kier alpha value is -1.89. The summed E-state index contributed by atoms with van der Waals surface area (Å²) in [5.41, 5.74) is 6.47. The van der Waals surface area contributed by atoms with Crippen LogP contribution in [0.5, 0.6) is 5.75 Å². The molecule has 2 aromatic heterocycles. The van der Waals surface area contributed by atoms with Crippen molar-refractivity contribution in [2.75, 3.05) is 18.2 Å². The minimum atomic E-state index is 0.397. The topological polar surface area (TPSA) is 86.0 Å². The summed E-state index contributed by atoms with van der Waals surface area (Å²) in [4.78, 5) is 0. The predicted octanol–water partition coefficient (Wildman–Crippen LogP) is 1.14. The van der Waals surface area contributed by atoms with E-state index in [1.54, 1.807) is 13.3 Å². The fraction of sp³-hybridized carbons (Fsp3) is 0.222. The lowest BCUT2D eigenvalue weighted by Gasteiger charge is -2.04. The number of nitrogens with one attached hydrogen (secondary N) is 1. The summed E-state index contributed by atoms with van der Waals surface area (Å²) in [6.45, 7) is 0.561. The number of aromatic nitrogens is 3. The molecule has 2 heterocycles. The second-order valence-corrected chi connectivity index (χ2v) is 3.77. The zero-order chi connectivity index (χ0) is 11.4. The van der Waals surface area contributed by atoms with E-state index in [9.17, 15) is 0 Å². The quantitative estimate of drug-likeness (QED) is 0.829. The van der Waals surface area contributed by atoms with Crippen LogP contribution in [0.4, 0.5) is 10.8 Å². The van der Waals surface area contributed by atoms with E-state index in [1.165, 1.54) is 11.5 Å². The van der Waals surface area contributed by atoms with Crippen LogP contribution in [0.1, 0.15) is 5.69 Å². The van der Waals surface area contributed by atoms with Crippen LogP contribution in [-0.2, 0) is 6.54 Å². The van der Waals surface area contributed by atoms with Crippen molar-refractivity contribution in [3.05, 3.63) is 24.0 Å². The molecule has 7 heteroatoms. The molecule has 0 saturated carbocycles. The maximum absolute atomic E-state index is 5.63. The van der Waals surface area contributed by atoms with Gasteiger partial charge in [0.2, 0.25) is 0 Å². The zero-order valence-electron chi connectivity index (χ0n) is 8.67. The molecule has 6 nitrogen and oxygen atoms in total. The molecular weight excluding hydrogens is 226 g/mol. The van der Waals surface area contributed by atoms with E-state index in [4.69, 9.17) is 10.5 Å². The van der Waals surface area contributed by atoms with Crippen molar-refractivity contribution >= 4 is 22.4 Å². The van der Waals surface area contributed by atoms with Crippen LogP contribution < -0.4 is 15.8 Å². The third-order valence-electron chi connectivity index (χ3n) is 1.94. The van der Waals surface area contributed by atoms with Gasteiger partial charge in [-0.05, 0) is 23.7 Å². The van der Waals surface area contributed by atoms with Gasteiger partial charge in [0.25, 0.3) is 0 Å². The molecule has 0 bridgehead atoms. The number of rotatable bonds is 4. The van der Waals surface area contributed by atoms with Crippen LogP contribution in [0.15, 0.2) is 18.3 Å². The van der Waals surface area contributed by atoms with E-state index < -0.39 is 0 Å². The van der Waals surface area contributed by atoms with Crippen molar-refractivity contribution in [2.24, 2.45) is 0 Å². The summed E-state index contributed by atoms with van der Waals surface area (Å²) in [5, 5.41) is 11.7. The van der Waals surface area contributed by atoms with Crippen molar-refractivity contribution in [1.82, 2.24) is 14.6 Å². The largest absolute Gasteiger partial charge is 0.490 e. The Labute approximate surface area is 96.6 Å². The number of methoxy groups -OCH3 is 1. The predicted molar refractivity (Wildman–Crippen MR) is 62.4 cm³/mol. The van der Waals surface area contributed by atoms with Crippen LogP contribution in [0.2, 0.25) is 0 Å². The SMILES string of the molecule is COc1c(N)nsc1NCc1cccnn1. The molecule has 16 heavy (non-hydrogen) atoms. The number of hydrogen-bond acceptors (Lipinski definition) is 7. The standard InChI is InChI=1S/C9H11N5OS/c1-15-7-8(10)14-16-9(7)11-5-6-3-2-4-12-13-6/h2-4,11H,5H2,1H3,(H2,10,14). The van der Waals surface area contributed by atoms with Gasteiger partial charge in [0, 0.05) is 6.20 Å². The summed E-state index contributed by atoms with van der Waals surface area (Å²) in [6, 6.07) is 3.72. The Bertz CT molecular complexity index is 458. The van der Waals surface area contributed by atoms with Crippen molar-refractivity contribution in [2.45, 2.75) is 6.54 Å². The lowest BCUT2D eigenvalue weighted by molar-refractivity contribution is 0.419. The van der Waals surface area contributed by atoms with Crippen molar-refractivity contribution in [1.29, 1.82) is 0 Å². The molecule has 0 aromatic carbocycles. The fourth-order valence-electron chi connectivity index (χ4n) is 1.20. The van der Waals surface area contributed by atoms with Gasteiger partial charge in [-0.3, -0.25) is 0 Å². The Morgan fingerprint density at radius 3 is 3.12 bits per heavy atom. The first-order valence-electron chi connectivity index (χ1n) is 4.61. The molecule has 0 radical (unpaired) electrons. The van der Waals surface area contributed by atoms with Crippen molar-refractivity contribution in [3.8, 4) is 5.75 Å². The molecule has 0 spiro atoms. The van der Waals surface area contributed by atoms with E-state index >= 15 is 0 Å². The van der Waals surface area contributed by atoms with Crippen LogP contribution in [0.3, 0.4) is 0 Å². The molecule has 2 aromatic rings. The Balaban J connectivity index is 2.05. The van der Waals surface area contributed by atoms with Gasteiger partial charge in [-0.25, -0.2) is 0 Å². The van der Waals surface area contributed by atoms with Gasteiger partial charge in [-0.1, -0.05) is 0 Å². The van der Waals surface area contributed by atoms with Gasteiger partial charge >= 0.3 is 0 Å². The maximum Gasteiger partial charge on any atom is 0.197 e. The van der Waals surface area contributed by atoms with Crippen LogP contribution in [-0.4, -0.2) is 21.7 Å². The van der Waals surface area contributed by atoms with Crippen LogP contribution >= 0.6 is 11.5 Å². The fourth-order valence-corrected chi connectivity index (χ4v) is 1.88. The van der Waals surface area contributed by atoms with E-state index in [-0.39, 0.29) is 0 Å². The highest BCUT2D eigenvalue weighted by Gasteiger charge is 2.11. The molecule has 0 saturated heterocycles. The van der Waals surface area contributed by atoms with Gasteiger partial charge in [0.15, 0.2) is 16.6 Å². The van der Waals surface area contributed by atoms with Gasteiger partial charge in [-0.15, -0.1) is 0 Å². The first-order valence-corrected chi connectivity index (χ1v) is 5.38. The summed E-state index contributed by atoms with van der Waals surface area (Å²) >= 11 is 1.26. The van der Waals surface area contributed by atoms with Crippen molar-refractivity contribution in [3.63, 3.8) is 0 Å². The number of nitrogens with two attached hydrogens (primary N) is 1. The first-order chi connectivity index (χ1) is 7.81. The molecule has 0 aliphatic heterocycles. The van der Waals surface area contributed by atoms with E-state index in [2.05, 4.69) is 19.9 Å². The Morgan fingerprint density at radius 2 is 2.44 bits per heavy atom. The van der Waals surface area contributed by atoms with Crippen LogP contribution in [0, 0.1) is 0 Å². The molecular formula is C9H11N5OS. The number of nitrogen functional groups attached to an aromatic ring is 1. The monoisotopic (exact) mass is 237 g/mol. The summed E-state index contributed by atoms with van der Waals surface area (Å²) < 4.78 is 9.12. The lowest BCUT2D eigenvalue weighted by atomic mass is 10.4. The minimum absolute atomic E-state index is 0.397. The molecule has 84 valence electrons. The third-order valence-corrected chi connectivity index (χ3v) is 2.74. The second-order valence-electron chi connectivity index (χ2n) is 3.00. The maximum atomic E-state index is 5.63. The summed E-state index contributed by atoms with van der Waals surface area (Å²) in [5.74, 6) is 0.975. The van der Waals surface area contributed by atoms with Gasteiger partial charge in [-0.2, -0.15) is 14.6 Å². The molecule has 0 aliphatic rings. The first kappa shape index (κ1) is 10.6. The highest BCUT2D eigenvalue weighted by atomic mass is 32.1. The molecule has 0 atom stereocenters. The molecule has 0 amide bonds. The van der Waals surface area contributed by atoms with Crippen molar-refractivity contribution < 1.29 is 4.74 Å². The second kappa shape index (κ2) is 4.75. The Kier molecular flexibility index (Phi) is 3.16. The molecule has 0 aliphatic carbocycles. The number of nitrogens with zero attached hydrogens (tertiary/aromatic N) is 3. The number of ether oxygens (including phenoxy) is 1. The van der Waals surface area contributed by atoms with E-state index in [0.29, 0.717) is 18.1 Å². The number of hydrogen-bond donors (Lipinski definition) is 2. The average molecular weight is 237 g/mol. The summed E-state index contributed by atoms with van der Waals surface area (Å²) in [7, 11) is 1.56. The van der Waals surface area contributed by atoms with E-state index in [1.807, 2.05) is 12.1 Å². The van der Waals surface area contributed by atoms with E-state index in [0.717, 1.165) is 10.7 Å². The summed E-state index contributed by atoms with van der Waals surface area (Å²) in [6.07, 6.45) is 1.63. The normalized spacial score (nSPS) is 10.1. The minimum Gasteiger partial charge on any atom is -0.490 e. The molecule has 0 unspecified atom stereocenters. The molecule has 0 fully saturated rings. The van der Waals surface area contributed by atoms with Gasteiger partial charge in [0.1, 0.15) is 0 Å². The lowest BCUT2D eigenvalue weighted by Crippen LogP contribution is -2.02. The van der Waals surface area contributed by atoms with Gasteiger partial charge in [0.05, 0.1) is 19.3 Å².